The van der Waals surface area contributed by atoms with E-state index < -0.39 is 10.0 Å². The maximum absolute atomic E-state index is 12.7. The van der Waals surface area contributed by atoms with Crippen molar-refractivity contribution in [1.82, 2.24) is 5.32 Å². The Morgan fingerprint density at radius 3 is 2.23 bits per heavy atom. The molecule has 1 amide bonds. The molecule has 0 fully saturated rings. The lowest BCUT2D eigenvalue weighted by molar-refractivity contribution is 0.0951. The molecular weight excluding hydrogens is 400 g/mol. The van der Waals surface area contributed by atoms with Crippen molar-refractivity contribution >= 4 is 21.6 Å². The quantitative estimate of drug-likeness (QED) is 0.599. The number of amides is 1. The molecule has 0 aliphatic carbocycles. The van der Waals surface area contributed by atoms with Gasteiger partial charge in [0.25, 0.3) is 15.9 Å². The zero-order chi connectivity index (χ0) is 21.7. The van der Waals surface area contributed by atoms with Crippen molar-refractivity contribution in [2.45, 2.75) is 25.3 Å². The van der Waals surface area contributed by atoms with E-state index in [1.165, 1.54) is 0 Å². The number of carbonyl (C=O) groups excluding carboxylic acids is 1. The summed E-state index contributed by atoms with van der Waals surface area (Å²) in [5, 5.41) is 2.84. The number of benzene rings is 3. The fourth-order valence-electron chi connectivity index (χ4n) is 2.82. The fourth-order valence-corrected chi connectivity index (χ4v) is 3.94. The summed E-state index contributed by atoms with van der Waals surface area (Å²) in [7, 11) is -2.15. The molecule has 0 radical (unpaired) electrons. The summed E-state index contributed by atoms with van der Waals surface area (Å²) in [6.07, 6.45) is 0. The van der Waals surface area contributed by atoms with Gasteiger partial charge in [0.15, 0.2) is 0 Å². The predicted molar refractivity (Wildman–Crippen MR) is 117 cm³/mol. The van der Waals surface area contributed by atoms with Gasteiger partial charge < -0.3 is 10.1 Å². The molecule has 7 heteroatoms. The highest BCUT2D eigenvalue weighted by Gasteiger charge is 2.16. The molecule has 0 saturated heterocycles. The van der Waals surface area contributed by atoms with Crippen LogP contribution in [0.5, 0.6) is 5.75 Å². The molecule has 0 bridgehead atoms. The van der Waals surface area contributed by atoms with Crippen molar-refractivity contribution in [3.8, 4) is 5.75 Å². The van der Waals surface area contributed by atoms with E-state index in [0.717, 1.165) is 22.4 Å². The third kappa shape index (κ3) is 5.18. The van der Waals surface area contributed by atoms with Crippen molar-refractivity contribution in [1.29, 1.82) is 0 Å². The number of sulfonamides is 1. The maximum atomic E-state index is 12.7. The van der Waals surface area contributed by atoms with Gasteiger partial charge in [-0.1, -0.05) is 35.9 Å². The van der Waals surface area contributed by atoms with Crippen LogP contribution >= 0.6 is 0 Å². The van der Waals surface area contributed by atoms with E-state index in [1.54, 1.807) is 56.5 Å². The van der Waals surface area contributed by atoms with Crippen molar-refractivity contribution in [3.63, 3.8) is 0 Å². The van der Waals surface area contributed by atoms with Crippen LogP contribution in [-0.4, -0.2) is 21.4 Å². The molecule has 0 atom stereocenters. The van der Waals surface area contributed by atoms with Gasteiger partial charge in [-0.2, -0.15) is 0 Å². The first-order valence-corrected chi connectivity index (χ1v) is 10.9. The third-order valence-corrected chi connectivity index (χ3v) is 6.07. The molecule has 0 aliphatic heterocycles. The molecule has 156 valence electrons. The van der Waals surface area contributed by atoms with Gasteiger partial charge in [0, 0.05) is 12.1 Å². The Labute approximate surface area is 177 Å². The summed E-state index contributed by atoms with van der Waals surface area (Å²) in [5.74, 6) is 0.454. The number of rotatable bonds is 7. The molecule has 0 saturated carbocycles. The summed E-state index contributed by atoms with van der Waals surface area (Å²) in [5.41, 5.74) is 3.36. The van der Waals surface area contributed by atoms with Crippen LogP contribution in [0.15, 0.2) is 71.6 Å². The Morgan fingerprint density at radius 1 is 0.933 bits per heavy atom. The van der Waals surface area contributed by atoms with E-state index >= 15 is 0 Å². The van der Waals surface area contributed by atoms with E-state index in [2.05, 4.69) is 10.0 Å². The second kappa shape index (κ2) is 9.00. The number of methoxy groups -OCH3 is 1. The van der Waals surface area contributed by atoms with Crippen LogP contribution in [0, 0.1) is 13.8 Å². The van der Waals surface area contributed by atoms with Gasteiger partial charge in [-0.15, -0.1) is 0 Å². The van der Waals surface area contributed by atoms with Gasteiger partial charge >= 0.3 is 0 Å². The van der Waals surface area contributed by atoms with Crippen LogP contribution in [0.1, 0.15) is 27.0 Å². The Balaban J connectivity index is 1.73. The van der Waals surface area contributed by atoms with Gasteiger partial charge in [-0.05, 0) is 61.4 Å². The van der Waals surface area contributed by atoms with Crippen molar-refractivity contribution in [2.24, 2.45) is 0 Å². The summed E-state index contributed by atoms with van der Waals surface area (Å²) < 4.78 is 33.1. The first-order valence-electron chi connectivity index (χ1n) is 9.40. The molecule has 3 aromatic rings. The summed E-state index contributed by atoms with van der Waals surface area (Å²) >= 11 is 0. The molecule has 3 rings (SSSR count). The normalized spacial score (nSPS) is 11.0. The molecule has 2 N–H and O–H groups in total. The van der Waals surface area contributed by atoms with Gasteiger partial charge in [0.2, 0.25) is 0 Å². The summed E-state index contributed by atoms with van der Waals surface area (Å²) in [4.78, 5) is 12.7. The highest BCUT2D eigenvalue weighted by molar-refractivity contribution is 7.92. The number of hydrogen-bond acceptors (Lipinski definition) is 4. The van der Waals surface area contributed by atoms with Crippen LogP contribution in [0.3, 0.4) is 0 Å². The van der Waals surface area contributed by atoms with Crippen LogP contribution in [0.25, 0.3) is 0 Å². The van der Waals surface area contributed by atoms with E-state index in [1.807, 2.05) is 31.2 Å². The van der Waals surface area contributed by atoms with E-state index in [9.17, 15) is 13.2 Å². The van der Waals surface area contributed by atoms with Gasteiger partial charge in [-0.3, -0.25) is 9.52 Å². The fraction of sp³-hybridized carbons (Fsp3) is 0.174. The van der Waals surface area contributed by atoms with E-state index in [-0.39, 0.29) is 10.8 Å². The highest BCUT2D eigenvalue weighted by Crippen LogP contribution is 2.22. The minimum Gasteiger partial charge on any atom is -0.497 e. The molecule has 0 aliphatic rings. The largest absolute Gasteiger partial charge is 0.497 e. The van der Waals surface area contributed by atoms with Crippen molar-refractivity contribution in [2.75, 3.05) is 11.8 Å². The zero-order valence-corrected chi connectivity index (χ0v) is 17.9. The van der Waals surface area contributed by atoms with Crippen molar-refractivity contribution in [3.05, 3.63) is 89.0 Å². The second-order valence-electron chi connectivity index (χ2n) is 6.98. The Kier molecular flexibility index (Phi) is 6.42. The molecule has 0 unspecified atom stereocenters. The molecule has 0 spiro atoms. The summed E-state index contributed by atoms with van der Waals surface area (Å²) in [6, 6.07) is 18.9. The molecule has 3 aromatic carbocycles. The minimum absolute atomic E-state index is 0.168. The second-order valence-corrected chi connectivity index (χ2v) is 8.66. The average molecular weight is 425 g/mol. The standard InChI is InChI=1S/C23H24N2O4S/c1-16-4-12-21(13-5-16)30(27,28)25-22-14-19(9-6-17(22)2)23(26)24-15-18-7-10-20(29-3)11-8-18/h4-14,25H,15H2,1-3H3,(H,24,26). The van der Waals surface area contributed by atoms with Gasteiger partial charge in [0.1, 0.15) is 5.75 Å². The highest BCUT2D eigenvalue weighted by atomic mass is 32.2. The lowest BCUT2D eigenvalue weighted by atomic mass is 10.1. The van der Waals surface area contributed by atoms with E-state index in [0.29, 0.717) is 17.8 Å². The SMILES string of the molecule is COc1ccc(CNC(=O)c2ccc(C)c(NS(=O)(=O)c3ccc(C)cc3)c2)cc1. The molecule has 0 aromatic heterocycles. The molecule has 6 nitrogen and oxygen atoms in total. The number of carbonyl (C=O) groups is 1. The molecule has 0 heterocycles. The lowest BCUT2D eigenvalue weighted by Crippen LogP contribution is -2.23. The van der Waals surface area contributed by atoms with Crippen LogP contribution in [0.4, 0.5) is 5.69 Å². The minimum atomic E-state index is -3.75. The number of anilines is 1. The number of aryl methyl sites for hydroxylation is 2. The third-order valence-electron chi connectivity index (χ3n) is 4.69. The topological polar surface area (TPSA) is 84.5 Å². The van der Waals surface area contributed by atoms with Crippen LogP contribution in [0.2, 0.25) is 0 Å². The average Bonchev–Trinajstić information content (AvgIpc) is 2.74. The first-order chi connectivity index (χ1) is 14.3. The van der Waals surface area contributed by atoms with E-state index in [4.69, 9.17) is 4.74 Å². The first kappa shape index (κ1) is 21.4. The van der Waals surface area contributed by atoms with Crippen LogP contribution < -0.4 is 14.8 Å². The number of ether oxygens (including phenoxy) is 1. The number of nitrogens with one attached hydrogen (secondary N) is 2. The smallest absolute Gasteiger partial charge is 0.261 e. The number of hydrogen-bond donors (Lipinski definition) is 2. The summed E-state index contributed by atoms with van der Waals surface area (Å²) in [6.45, 7) is 4.02. The van der Waals surface area contributed by atoms with Crippen LogP contribution in [-0.2, 0) is 16.6 Å². The molecule has 30 heavy (non-hydrogen) atoms. The monoisotopic (exact) mass is 424 g/mol. The maximum Gasteiger partial charge on any atom is 0.261 e. The Bertz CT molecular complexity index is 1140. The zero-order valence-electron chi connectivity index (χ0n) is 17.1. The Hall–Kier alpha value is -3.32. The van der Waals surface area contributed by atoms with Gasteiger partial charge in [0.05, 0.1) is 17.7 Å². The molecular formula is C23H24N2O4S. The predicted octanol–water partition coefficient (Wildman–Crippen LogP) is 4.04. The van der Waals surface area contributed by atoms with Gasteiger partial charge in [-0.25, -0.2) is 8.42 Å². The Morgan fingerprint density at radius 2 is 1.60 bits per heavy atom. The lowest BCUT2D eigenvalue weighted by Gasteiger charge is -2.13. The van der Waals surface area contributed by atoms with Crippen molar-refractivity contribution < 1.29 is 17.9 Å².